The van der Waals surface area contributed by atoms with Crippen LogP contribution in [0.4, 0.5) is 0 Å². The molecule has 0 saturated carbocycles. The average Bonchev–Trinajstić information content (AvgIpc) is 3.00. The van der Waals surface area contributed by atoms with Gasteiger partial charge in [0.25, 0.3) is 0 Å². The lowest BCUT2D eigenvalue weighted by Crippen LogP contribution is -2.46. The Bertz CT molecular complexity index is 874. The lowest BCUT2D eigenvalue weighted by Gasteiger charge is -2.18. The monoisotopic (exact) mass is 371 g/mol. The van der Waals surface area contributed by atoms with E-state index in [2.05, 4.69) is 29.4 Å². The molecule has 2 aromatic carbocycles. The number of amides is 1. The molecule has 1 amide bonds. The van der Waals surface area contributed by atoms with Gasteiger partial charge in [-0.05, 0) is 49.4 Å². The smallest absolute Gasteiger partial charge is 0.237 e. The summed E-state index contributed by atoms with van der Waals surface area (Å²) in [5.74, 6) is -0.105. The molecule has 1 aromatic heterocycles. The Morgan fingerprint density at radius 2 is 1.77 bits per heavy atom. The molecule has 0 bridgehead atoms. The molecule has 0 saturated heterocycles. The first kappa shape index (κ1) is 20.0. The Kier molecular flexibility index (Phi) is 6.83. The number of hydrogen-bond acceptors (Lipinski definition) is 2. The number of hydrogen-bond donors (Lipinski definition) is 3. The van der Waals surface area contributed by atoms with Crippen molar-refractivity contribution in [2.75, 3.05) is 0 Å². The summed E-state index contributed by atoms with van der Waals surface area (Å²) in [6, 6.07) is 15.8. The molecule has 1 heterocycles. The van der Waals surface area contributed by atoms with Crippen LogP contribution in [0, 0.1) is 6.92 Å². The molecule has 0 spiro atoms. The van der Waals surface area contributed by atoms with Crippen molar-refractivity contribution in [3.63, 3.8) is 0 Å². The molecule has 0 radical (unpaired) electrons. The van der Waals surface area contributed by atoms with Gasteiger partial charge in [-0.2, -0.15) is 0 Å². The second kappa shape index (κ2) is 8.88. The topological polar surface area (TPSA) is 70.9 Å². The highest BCUT2D eigenvalue weighted by Gasteiger charge is 2.18. The van der Waals surface area contributed by atoms with Crippen molar-refractivity contribution in [1.29, 1.82) is 0 Å². The predicted octanol–water partition coefficient (Wildman–Crippen LogP) is 3.52. The predicted molar refractivity (Wildman–Crippen MR) is 110 cm³/mol. The molecule has 4 N–H and O–H groups in total. The minimum Gasteiger partial charge on any atom is -0.361 e. The number of aryl methyl sites for hydroxylation is 1. The number of carbonyl (C=O) groups is 1. The van der Waals surface area contributed by atoms with Gasteiger partial charge in [0.15, 0.2) is 0 Å². The zero-order valence-corrected chi connectivity index (χ0v) is 16.0. The van der Waals surface area contributed by atoms with Crippen molar-refractivity contribution < 1.29 is 4.79 Å². The van der Waals surface area contributed by atoms with Gasteiger partial charge in [-0.3, -0.25) is 4.79 Å². The normalized spacial score (nSPS) is 13.0. The number of para-hydroxylation sites is 1. The molecule has 26 heavy (non-hydrogen) atoms. The fourth-order valence-corrected chi connectivity index (χ4v) is 3.20. The standard InChI is InChI=1S/C21H25N3O.ClH/c1-14-7-3-4-8-16(14)11-15(2)24-21(25)19(22)12-17-13-23-20-10-6-5-9-18(17)20;/h3-10,13,15,19,23H,11-12,22H2,1-2H3,(H,24,25);1H/t15?,19-;/m0./s1. The summed E-state index contributed by atoms with van der Waals surface area (Å²) in [7, 11) is 0. The minimum absolute atomic E-state index is 0. The van der Waals surface area contributed by atoms with Crippen LogP contribution in [0.3, 0.4) is 0 Å². The van der Waals surface area contributed by atoms with Crippen LogP contribution in [0.15, 0.2) is 54.7 Å². The molecular weight excluding hydrogens is 346 g/mol. The molecule has 4 nitrogen and oxygen atoms in total. The minimum atomic E-state index is -0.557. The summed E-state index contributed by atoms with van der Waals surface area (Å²) in [6.45, 7) is 4.11. The summed E-state index contributed by atoms with van der Waals surface area (Å²) in [5.41, 5.74) is 10.8. The number of fused-ring (bicyclic) bond motifs is 1. The van der Waals surface area contributed by atoms with E-state index in [0.29, 0.717) is 6.42 Å². The van der Waals surface area contributed by atoms with Crippen molar-refractivity contribution in [1.82, 2.24) is 10.3 Å². The van der Waals surface area contributed by atoms with Crippen molar-refractivity contribution in [3.05, 3.63) is 71.4 Å². The van der Waals surface area contributed by atoms with Crippen LogP contribution < -0.4 is 11.1 Å². The SMILES string of the molecule is Cc1ccccc1CC(C)NC(=O)[C@@H](N)Cc1c[nH]c2ccccc12.Cl. The first-order chi connectivity index (χ1) is 12.0. The fraction of sp³-hybridized carbons (Fsp3) is 0.286. The zero-order chi connectivity index (χ0) is 17.8. The molecule has 3 aromatic rings. The Labute approximate surface area is 160 Å². The van der Waals surface area contributed by atoms with Crippen molar-refractivity contribution in [3.8, 4) is 0 Å². The van der Waals surface area contributed by atoms with E-state index >= 15 is 0 Å². The highest BCUT2D eigenvalue weighted by Crippen LogP contribution is 2.18. The van der Waals surface area contributed by atoms with Gasteiger partial charge in [-0.25, -0.2) is 0 Å². The number of halogens is 1. The Balaban J connectivity index is 0.00000243. The number of nitrogens with one attached hydrogen (secondary N) is 2. The van der Waals surface area contributed by atoms with Gasteiger partial charge < -0.3 is 16.0 Å². The van der Waals surface area contributed by atoms with E-state index in [4.69, 9.17) is 5.73 Å². The van der Waals surface area contributed by atoms with Gasteiger partial charge >= 0.3 is 0 Å². The van der Waals surface area contributed by atoms with Crippen LogP contribution in [-0.2, 0) is 17.6 Å². The van der Waals surface area contributed by atoms with E-state index in [-0.39, 0.29) is 24.4 Å². The van der Waals surface area contributed by atoms with Gasteiger partial charge in [0, 0.05) is 23.1 Å². The van der Waals surface area contributed by atoms with Crippen LogP contribution in [-0.4, -0.2) is 23.0 Å². The molecule has 3 rings (SSSR count). The van der Waals surface area contributed by atoms with E-state index in [9.17, 15) is 4.79 Å². The molecule has 0 aliphatic rings. The lowest BCUT2D eigenvalue weighted by molar-refractivity contribution is -0.122. The lowest BCUT2D eigenvalue weighted by atomic mass is 10.0. The van der Waals surface area contributed by atoms with E-state index in [1.54, 1.807) is 0 Å². The molecular formula is C21H26ClN3O. The zero-order valence-electron chi connectivity index (χ0n) is 15.2. The van der Waals surface area contributed by atoms with Crippen molar-refractivity contribution >= 4 is 29.2 Å². The largest absolute Gasteiger partial charge is 0.361 e. The molecule has 138 valence electrons. The van der Waals surface area contributed by atoms with Crippen LogP contribution >= 0.6 is 12.4 Å². The van der Waals surface area contributed by atoms with E-state index < -0.39 is 6.04 Å². The van der Waals surface area contributed by atoms with Crippen molar-refractivity contribution in [2.24, 2.45) is 5.73 Å². The molecule has 2 atom stereocenters. The van der Waals surface area contributed by atoms with E-state index in [0.717, 1.165) is 22.9 Å². The summed E-state index contributed by atoms with van der Waals surface area (Å²) in [6.07, 6.45) is 3.26. The van der Waals surface area contributed by atoms with Gasteiger partial charge in [0.1, 0.15) is 0 Å². The van der Waals surface area contributed by atoms with Gasteiger partial charge in [-0.1, -0.05) is 42.5 Å². The Morgan fingerprint density at radius 1 is 1.08 bits per heavy atom. The van der Waals surface area contributed by atoms with Gasteiger partial charge in [-0.15, -0.1) is 12.4 Å². The number of carbonyl (C=O) groups excluding carboxylic acids is 1. The average molecular weight is 372 g/mol. The molecule has 5 heteroatoms. The van der Waals surface area contributed by atoms with Crippen LogP contribution in [0.1, 0.15) is 23.6 Å². The van der Waals surface area contributed by atoms with Gasteiger partial charge in [0.2, 0.25) is 5.91 Å². The first-order valence-electron chi connectivity index (χ1n) is 8.70. The third-order valence-electron chi connectivity index (χ3n) is 4.63. The van der Waals surface area contributed by atoms with Crippen LogP contribution in [0.5, 0.6) is 0 Å². The maximum Gasteiger partial charge on any atom is 0.237 e. The first-order valence-corrected chi connectivity index (χ1v) is 8.70. The van der Waals surface area contributed by atoms with Gasteiger partial charge in [0.05, 0.1) is 6.04 Å². The van der Waals surface area contributed by atoms with Crippen LogP contribution in [0.2, 0.25) is 0 Å². The summed E-state index contributed by atoms with van der Waals surface area (Å²) in [5, 5.41) is 4.17. The van der Waals surface area contributed by atoms with Crippen molar-refractivity contribution in [2.45, 2.75) is 38.8 Å². The highest BCUT2D eigenvalue weighted by atomic mass is 35.5. The fourth-order valence-electron chi connectivity index (χ4n) is 3.20. The second-order valence-electron chi connectivity index (χ2n) is 6.71. The molecule has 1 unspecified atom stereocenters. The summed E-state index contributed by atoms with van der Waals surface area (Å²) < 4.78 is 0. The van der Waals surface area contributed by atoms with E-state index in [1.165, 1.54) is 11.1 Å². The maximum absolute atomic E-state index is 12.4. The Morgan fingerprint density at radius 3 is 2.54 bits per heavy atom. The highest BCUT2D eigenvalue weighted by molar-refractivity contribution is 5.86. The molecule has 0 aliphatic heterocycles. The number of H-pyrrole nitrogens is 1. The van der Waals surface area contributed by atoms with E-state index in [1.807, 2.05) is 49.5 Å². The maximum atomic E-state index is 12.4. The van der Waals surface area contributed by atoms with Crippen LogP contribution in [0.25, 0.3) is 10.9 Å². The third kappa shape index (κ3) is 4.65. The Hall–Kier alpha value is -2.30. The summed E-state index contributed by atoms with van der Waals surface area (Å²) >= 11 is 0. The number of aromatic amines is 1. The number of aromatic nitrogens is 1. The second-order valence-corrected chi connectivity index (χ2v) is 6.71. The quantitative estimate of drug-likeness (QED) is 0.620. The third-order valence-corrected chi connectivity index (χ3v) is 4.63. The molecule has 0 aliphatic carbocycles. The summed E-state index contributed by atoms with van der Waals surface area (Å²) in [4.78, 5) is 15.7. The number of rotatable bonds is 6. The molecule has 0 fully saturated rings. The number of benzene rings is 2. The number of nitrogens with two attached hydrogens (primary N) is 1.